The van der Waals surface area contributed by atoms with E-state index in [1.165, 1.54) is 23.4 Å². The number of nitrogens with one attached hydrogen (secondary N) is 1. The smallest absolute Gasteiger partial charge is 0.255 e. The summed E-state index contributed by atoms with van der Waals surface area (Å²) in [6.45, 7) is 5.90. The topological polar surface area (TPSA) is 79.0 Å². The van der Waals surface area contributed by atoms with E-state index in [1.54, 1.807) is 12.1 Å². The van der Waals surface area contributed by atoms with Gasteiger partial charge >= 0.3 is 0 Å². The molecule has 9 heteroatoms. The zero-order valence-corrected chi connectivity index (χ0v) is 21.3. The number of nitrogens with zero attached hydrogens (tertiary/aromatic N) is 2. The number of hydrogen-bond acceptors (Lipinski definition) is 6. The van der Waals surface area contributed by atoms with E-state index >= 15 is 0 Å². The van der Waals surface area contributed by atoms with Crippen molar-refractivity contribution >= 4 is 27.7 Å². The van der Waals surface area contributed by atoms with Crippen LogP contribution in [0.4, 0.5) is 0 Å². The molecule has 1 amide bonds. The minimum Gasteiger partial charge on any atom is -0.379 e. The summed E-state index contributed by atoms with van der Waals surface area (Å²) in [4.78, 5) is 18.2. The van der Waals surface area contributed by atoms with Gasteiger partial charge in [0.15, 0.2) is 0 Å². The van der Waals surface area contributed by atoms with Crippen molar-refractivity contribution in [3.05, 3.63) is 59.2 Å². The number of hydrogen-bond donors (Lipinski definition) is 1. The fourth-order valence-electron chi connectivity index (χ4n) is 4.33. The Morgan fingerprint density at radius 1 is 0.971 bits per heavy atom. The molecule has 0 aliphatic carbocycles. The van der Waals surface area contributed by atoms with Gasteiger partial charge in [-0.05, 0) is 54.8 Å². The third-order valence-corrected chi connectivity index (χ3v) is 8.55. The molecule has 2 heterocycles. The van der Waals surface area contributed by atoms with Crippen LogP contribution < -0.4 is 4.72 Å². The number of sulfonamides is 1. The Labute approximate surface area is 206 Å². The third kappa shape index (κ3) is 6.40. The third-order valence-electron chi connectivity index (χ3n) is 6.35. The van der Waals surface area contributed by atoms with Crippen LogP contribution in [0, 0.1) is 0 Å². The minimum atomic E-state index is -3.76. The van der Waals surface area contributed by atoms with Crippen LogP contribution in [0.25, 0.3) is 0 Å². The highest BCUT2D eigenvalue weighted by Crippen LogP contribution is 2.26. The van der Waals surface area contributed by atoms with Gasteiger partial charge in [0.05, 0.1) is 23.7 Å². The molecule has 0 radical (unpaired) electrons. The number of carbonyl (C=O) groups excluding carboxylic acids is 1. The van der Waals surface area contributed by atoms with Gasteiger partial charge in [-0.1, -0.05) is 24.3 Å². The molecule has 4 rings (SSSR count). The number of likely N-dealkylation sites (tertiary alicyclic amines) is 1. The van der Waals surface area contributed by atoms with Gasteiger partial charge in [0.25, 0.3) is 5.91 Å². The monoisotopic (exact) mass is 503 g/mol. The van der Waals surface area contributed by atoms with Crippen molar-refractivity contribution in [2.45, 2.75) is 42.1 Å². The van der Waals surface area contributed by atoms with E-state index in [2.05, 4.69) is 9.62 Å². The molecule has 2 aliphatic heterocycles. The highest BCUT2D eigenvalue weighted by molar-refractivity contribution is 7.98. The molecule has 2 fully saturated rings. The molecular formula is C25H33N3O4S2. The zero-order valence-electron chi connectivity index (χ0n) is 19.7. The van der Waals surface area contributed by atoms with Crippen molar-refractivity contribution in [3.63, 3.8) is 0 Å². The first kappa shape index (κ1) is 25.2. The van der Waals surface area contributed by atoms with E-state index in [0.29, 0.717) is 5.56 Å². The lowest BCUT2D eigenvalue weighted by Crippen LogP contribution is -2.36. The average molecular weight is 504 g/mol. The lowest BCUT2D eigenvalue weighted by Gasteiger charge is -2.27. The number of benzene rings is 2. The van der Waals surface area contributed by atoms with E-state index in [0.717, 1.165) is 75.7 Å². The highest BCUT2D eigenvalue weighted by Gasteiger charge is 2.23. The summed E-state index contributed by atoms with van der Waals surface area (Å²) in [5, 5.41) is 0. The molecule has 2 aliphatic rings. The molecule has 0 aromatic heterocycles. The van der Waals surface area contributed by atoms with Gasteiger partial charge in [0.1, 0.15) is 0 Å². The van der Waals surface area contributed by atoms with Gasteiger partial charge in [-0.15, -0.1) is 11.8 Å². The first-order valence-corrected chi connectivity index (χ1v) is 14.5. The molecule has 34 heavy (non-hydrogen) atoms. The molecule has 0 atom stereocenters. The van der Waals surface area contributed by atoms with Gasteiger partial charge in [-0.25, -0.2) is 13.1 Å². The largest absolute Gasteiger partial charge is 0.379 e. The van der Waals surface area contributed by atoms with Crippen molar-refractivity contribution in [1.29, 1.82) is 0 Å². The van der Waals surface area contributed by atoms with Gasteiger partial charge < -0.3 is 9.64 Å². The molecule has 0 bridgehead atoms. The number of thioether (sulfide) groups is 1. The summed E-state index contributed by atoms with van der Waals surface area (Å²) in [5.41, 5.74) is 2.55. The van der Waals surface area contributed by atoms with Crippen molar-refractivity contribution < 1.29 is 17.9 Å². The van der Waals surface area contributed by atoms with Crippen molar-refractivity contribution in [2.75, 3.05) is 45.6 Å². The molecular weight excluding hydrogens is 470 g/mol. The normalized spacial score (nSPS) is 17.6. The van der Waals surface area contributed by atoms with Crippen LogP contribution >= 0.6 is 11.8 Å². The Hall–Kier alpha value is -1.91. The number of ether oxygens (including phenoxy) is 1. The quantitative estimate of drug-likeness (QED) is 0.557. The van der Waals surface area contributed by atoms with Crippen molar-refractivity contribution in [2.24, 2.45) is 0 Å². The maximum absolute atomic E-state index is 13.1. The van der Waals surface area contributed by atoms with E-state index in [4.69, 9.17) is 4.74 Å². The molecule has 2 aromatic carbocycles. The van der Waals surface area contributed by atoms with Crippen LogP contribution in [-0.4, -0.2) is 69.8 Å². The molecule has 0 spiro atoms. The maximum Gasteiger partial charge on any atom is 0.255 e. The summed E-state index contributed by atoms with van der Waals surface area (Å²) in [6, 6.07) is 12.8. The van der Waals surface area contributed by atoms with E-state index < -0.39 is 10.0 Å². The van der Waals surface area contributed by atoms with Crippen molar-refractivity contribution in [3.8, 4) is 0 Å². The maximum atomic E-state index is 13.1. The van der Waals surface area contributed by atoms with Crippen LogP contribution in [0.5, 0.6) is 0 Å². The lowest BCUT2D eigenvalue weighted by atomic mass is 10.1. The second-order valence-corrected chi connectivity index (χ2v) is 11.4. The summed E-state index contributed by atoms with van der Waals surface area (Å²) in [5.74, 6) is -0.0862. The predicted octanol–water partition coefficient (Wildman–Crippen LogP) is 3.35. The summed E-state index contributed by atoms with van der Waals surface area (Å²) < 4.78 is 34.1. The van der Waals surface area contributed by atoms with E-state index in [9.17, 15) is 13.2 Å². The van der Waals surface area contributed by atoms with E-state index in [1.807, 2.05) is 35.4 Å². The second kappa shape index (κ2) is 11.7. The van der Waals surface area contributed by atoms with Gasteiger partial charge in [0.2, 0.25) is 10.0 Å². The fourth-order valence-corrected chi connectivity index (χ4v) is 5.94. The highest BCUT2D eigenvalue weighted by atomic mass is 32.2. The SMILES string of the molecule is CSc1ccc(S(=O)(=O)NCc2ccc(CN3CCOCC3)cc2)cc1C(=O)N1CCCCC1. The van der Waals surface area contributed by atoms with Gasteiger partial charge in [-0.2, -0.15) is 0 Å². The number of morpholine rings is 1. The van der Waals surface area contributed by atoms with Gasteiger partial charge in [0, 0.05) is 44.2 Å². The Kier molecular flexibility index (Phi) is 8.65. The molecule has 7 nitrogen and oxygen atoms in total. The van der Waals surface area contributed by atoms with Crippen LogP contribution in [0.2, 0.25) is 0 Å². The average Bonchev–Trinajstić information content (AvgIpc) is 2.88. The predicted molar refractivity (Wildman–Crippen MR) is 135 cm³/mol. The van der Waals surface area contributed by atoms with Crippen LogP contribution in [0.3, 0.4) is 0 Å². The second-order valence-electron chi connectivity index (χ2n) is 8.74. The van der Waals surface area contributed by atoms with E-state index in [-0.39, 0.29) is 17.3 Å². The Morgan fingerprint density at radius 3 is 2.32 bits per heavy atom. The molecule has 1 N–H and O–H groups in total. The van der Waals surface area contributed by atoms with Crippen LogP contribution in [-0.2, 0) is 27.8 Å². The number of piperidine rings is 1. The van der Waals surface area contributed by atoms with Gasteiger partial charge in [-0.3, -0.25) is 9.69 Å². The molecule has 184 valence electrons. The minimum absolute atomic E-state index is 0.0862. The van der Waals surface area contributed by atoms with Crippen LogP contribution in [0.15, 0.2) is 52.3 Å². The first-order chi connectivity index (χ1) is 16.5. The summed E-state index contributed by atoms with van der Waals surface area (Å²) in [7, 11) is -3.76. The standard InChI is InChI=1S/C25H33N3O4S2/c1-33-24-10-9-22(17-23(24)25(29)28-11-3-2-4-12-28)34(30,31)26-18-20-5-7-21(8-6-20)19-27-13-15-32-16-14-27/h5-10,17,26H,2-4,11-16,18-19H2,1H3. The summed E-state index contributed by atoms with van der Waals surface area (Å²) in [6.07, 6.45) is 5.01. The zero-order chi connectivity index (χ0) is 24.0. The van der Waals surface area contributed by atoms with Crippen molar-refractivity contribution in [1.82, 2.24) is 14.5 Å². The summed E-state index contributed by atoms with van der Waals surface area (Å²) >= 11 is 1.46. The number of carbonyl (C=O) groups is 1. The first-order valence-electron chi connectivity index (χ1n) is 11.8. The van der Waals surface area contributed by atoms with Crippen LogP contribution in [0.1, 0.15) is 40.7 Å². The molecule has 2 saturated heterocycles. The molecule has 2 aromatic rings. The fraction of sp³-hybridized carbons (Fsp3) is 0.480. The number of rotatable bonds is 8. The Morgan fingerprint density at radius 2 is 1.65 bits per heavy atom. The molecule has 0 saturated carbocycles. The lowest BCUT2D eigenvalue weighted by molar-refractivity contribution is 0.0342. The Bertz CT molecular complexity index is 1080. The number of amides is 1. The molecule has 0 unspecified atom stereocenters. The Balaban J connectivity index is 1.42.